The number of ether oxygens (including phenoxy) is 1. The van der Waals surface area contributed by atoms with Crippen LogP contribution in [0.1, 0.15) is 44.0 Å². The summed E-state index contributed by atoms with van der Waals surface area (Å²) in [7, 11) is 5.94. The monoisotopic (exact) mass is 265 g/mol. The number of rotatable bonds is 6. The van der Waals surface area contributed by atoms with Gasteiger partial charge in [-0.05, 0) is 32.4 Å². The van der Waals surface area contributed by atoms with Crippen molar-refractivity contribution in [2.24, 2.45) is 7.05 Å². The van der Waals surface area contributed by atoms with E-state index in [1.807, 2.05) is 25.9 Å². The molecule has 4 heteroatoms. The number of aryl methyl sites for hydroxylation is 2. The highest BCUT2D eigenvalue weighted by Gasteiger charge is 2.41. The number of methoxy groups -OCH3 is 1. The second-order valence-corrected chi connectivity index (χ2v) is 5.63. The van der Waals surface area contributed by atoms with Crippen LogP contribution in [-0.4, -0.2) is 35.6 Å². The van der Waals surface area contributed by atoms with Crippen LogP contribution in [0.3, 0.4) is 0 Å². The Labute approximate surface area is 116 Å². The van der Waals surface area contributed by atoms with E-state index in [2.05, 4.69) is 23.4 Å². The fourth-order valence-electron chi connectivity index (χ4n) is 3.36. The van der Waals surface area contributed by atoms with Crippen molar-refractivity contribution in [1.29, 1.82) is 0 Å². The maximum atomic E-state index is 5.90. The summed E-state index contributed by atoms with van der Waals surface area (Å²) in [5.41, 5.74) is 2.47. The van der Waals surface area contributed by atoms with E-state index in [1.54, 1.807) is 0 Å². The van der Waals surface area contributed by atoms with Gasteiger partial charge >= 0.3 is 0 Å². The van der Waals surface area contributed by atoms with Crippen LogP contribution in [-0.2, 0) is 24.6 Å². The van der Waals surface area contributed by atoms with E-state index in [0.717, 1.165) is 25.7 Å². The normalized spacial score (nSPS) is 19.8. The first-order valence-electron chi connectivity index (χ1n) is 7.39. The Kier molecular flexibility index (Phi) is 4.63. The SMILES string of the molecule is CCc1cc(CC(NC)C2(OC)CCCC2)n(C)n1. The molecule has 108 valence electrons. The van der Waals surface area contributed by atoms with Crippen molar-refractivity contribution < 1.29 is 4.74 Å². The van der Waals surface area contributed by atoms with Gasteiger partial charge in [0.05, 0.1) is 11.3 Å². The third kappa shape index (κ3) is 2.84. The highest BCUT2D eigenvalue weighted by molar-refractivity contribution is 5.13. The Morgan fingerprint density at radius 3 is 2.63 bits per heavy atom. The summed E-state index contributed by atoms with van der Waals surface area (Å²) in [6, 6.07) is 2.59. The molecule has 1 aliphatic carbocycles. The summed E-state index contributed by atoms with van der Waals surface area (Å²) in [6.07, 6.45) is 6.84. The lowest BCUT2D eigenvalue weighted by Gasteiger charge is -2.36. The molecular weight excluding hydrogens is 238 g/mol. The molecule has 0 amide bonds. The maximum Gasteiger partial charge on any atom is 0.0834 e. The number of likely N-dealkylation sites (N-methyl/N-ethyl adjacent to an activating group) is 1. The average Bonchev–Trinajstić information content (AvgIpc) is 3.03. The van der Waals surface area contributed by atoms with Crippen LogP contribution >= 0.6 is 0 Å². The highest BCUT2D eigenvalue weighted by atomic mass is 16.5. The van der Waals surface area contributed by atoms with Gasteiger partial charge < -0.3 is 10.1 Å². The molecule has 0 bridgehead atoms. The van der Waals surface area contributed by atoms with Gasteiger partial charge in [-0.3, -0.25) is 4.68 Å². The van der Waals surface area contributed by atoms with Gasteiger partial charge in [0, 0.05) is 32.3 Å². The van der Waals surface area contributed by atoms with E-state index in [-0.39, 0.29) is 5.60 Å². The number of nitrogens with zero attached hydrogens (tertiary/aromatic N) is 2. The predicted molar refractivity (Wildman–Crippen MR) is 77.3 cm³/mol. The lowest BCUT2D eigenvalue weighted by atomic mass is 9.88. The van der Waals surface area contributed by atoms with E-state index in [1.165, 1.54) is 24.2 Å². The van der Waals surface area contributed by atoms with E-state index in [0.29, 0.717) is 6.04 Å². The maximum absolute atomic E-state index is 5.90. The van der Waals surface area contributed by atoms with Gasteiger partial charge in [-0.1, -0.05) is 19.8 Å². The standard InChI is InChI=1S/C15H27N3O/c1-5-12-10-13(18(3)17-12)11-14(16-2)15(19-4)8-6-7-9-15/h10,14,16H,5-9,11H2,1-4H3. The van der Waals surface area contributed by atoms with E-state index in [4.69, 9.17) is 4.74 Å². The Morgan fingerprint density at radius 2 is 2.16 bits per heavy atom. The van der Waals surface area contributed by atoms with Gasteiger partial charge in [-0.2, -0.15) is 5.10 Å². The van der Waals surface area contributed by atoms with Crippen molar-refractivity contribution in [3.63, 3.8) is 0 Å². The molecule has 1 unspecified atom stereocenters. The summed E-state index contributed by atoms with van der Waals surface area (Å²) in [5, 5.41) is 8.01. The van der Waals surface area contributed by atoms with Crippen LogP contribution in [0.4, 0.5) is 0 Å². The van der Waals surface area contributed by atoms with Crippen molar-refractivity contribution in [2.75, 3.05) is 14.2 Å². The molecule has 1 aromatic rings. The van der Waals surface area contributed by atoms with Crippen LogP contribution in [0.5, 0.6) is 0 Å². The first-order valence-corrected chi connectivity index (χ1v) is 7.39. The largest absolute Gasteiger partial charge is 0.377 e. The van der Waals surface area contributed by atoms with Crippen molar-refractivity contribution in [3.8, 4) is 0 Å². The number of hydrogen-bond donors (Lipinski definition) is 1. The molecule has 0 saturated heterocycles. The lowest BCUT2D eigenvalue weighted by molar-refractivity contribution is -0.0340. The molecule has 0 spiro atoms. The van der Waals surface area contributed by atoms with E-state index in [9.17, 15) is 0 Å². The summed E-state index contributed by atoms with van der Waals surface area (Å²) < 4.78 is 7.92. The topological polar surface area (TPSA) is 39.1 Å². The van der Waals surface area contributed by atoms with Crippen LogP contribution < -0.4 is 5.32 Å². The number of hydrogen-bond acceptors (Lipinski definition) is 3. The molecule has 1 atom stereocenters. The molecule has 1 N–H and O–H groups in total. The zero-order chi connectivity index (χ0) is 13.9. The molecule has 4 nitrogen and oxygen atoms in total. The molecule has 2 rings (SSSR count). The summed E-state index contributed by atoms with van der Waals surface area (Å²) in [6.45, 7) is 2.15. The van der Waals surface area contributed by atoms with Crippen LogP contribution in [0.15, 0.2) is 6.07 Å². The Balaban J connectivity index is 2.16. The predicted octanol–water partition coefficient (Wildman–Crippen LogP) is 2.07. The molecular formula is C15H27N3O. The zero-order valence-corrected chi connectivity index (χ0v) is 12.7. The Hall–Kier alpha value is -0.870. The lowest BCUT2D eigenvalue weighted by Crippen LogP contribution is -2.50. The van der Waals surface area contributed by atoms with Crippen molar-refractivity contribution >= 4 is 0 Å². The Bertz CT molecular complexity index is 408. The van der Waals surface area contributed by atoms with Crippen molar-refractivity contribution in [1.82, 2.24) is 15.1 Å². The number of nitrogens with one attached hydrogen (secondary N) is 1. The zero-order valence-electron chi connectivity index (χ0n) is 12.7. The molecule has 0 aromatic carbocycles. The summed E-state index contributed by atoms with van der Waals surface area (Å²) >= 11 is 0. The van der Waals surface area contributed by atoms with Gasteiger partial charge in [0.15, 0.2) is 0 Å². The van der Waals surface area contributed by atoms with Gasteiger partial charge in [-0.15, -0.1) is 0 Å². The molecule has 19 heavy (non-hydrogen) atoms. The third-order valence-electron chi connectivity index (χ3n) is 4.64. The minimum atomic E-state index is 0.00536. The van der Waals surface area contributed by atoms with Gasteiger partial charge in [0.1, 0.15) is 0 Å². The van der Waals surface area contributed by atoms with Crippen molar-refractivity contribution in [3.05, 3.63) is 17.5 Å². The number of aromatic nitrogens is 2. The van der Waals surface area contributed by atoms with Gasteiger partial charge in [-0.25, -0.2) is 0 Å². The average molecular weight is 265 g/mol. The molecule has 1 aromatic heterocycles. The molecule has 1 saturated carbocycles. The third-order valence-corrected chi connectivity index (χ3v) is 4.64. The minimum absolute atomic E-state index is 0.00536. The molecule has 1 fully saturated rings. The molecule has 1 heterocycles. The summed E-state index contributed by atoms with van der Waals surface area (Å²) in [4.78, 5) is 0. The van der Waals surface area contributed by atoms with Gasteiger partial charge in [0.25, 0.3) is 0 Å². The van der Waals surface area contributed by atoms with Gasteiger partial charge in [0.2, 0.25) is 0 Å². The van der Waals surface area contributed by atoms with E-state index < -0.39 is 0 Å². The first kappa shape index (κ1) is 14.5. The minimum Gasteiger partial charge on any atom is -0.377 e. The fourth-order valence-corrected chi connectivity index (χ4v) is 3.36. The Morgan fingerprint density at radius 1 is 1.47 bits per heavy atom. The van der Waals surface area contributed by atoms with Crippen LogP contribution in [0.25, 0.3) is 0 Å². The highest BCUT2D eigenvalue weighted by Crippen LogP contribution is 2.36. The smallest absolute Gasteiger partial charge is 0.0834 e. The van der Waals surface area contributed by atoms with Crippen LogP contribution in [0, 0.1) is 0 Å². The first-order chi connectivity index (χ1) is 9.15. The quantitative estimate of drug-likeness (QED) is 0.856. The van der Waals surface area contributed by atoms with E-state index >= 15 is 0 Å². The second-order valence-electron chi connectivity index (χ2n) is 5.63. The second kappa shape index (κ2) is 6.06. The van der Waals surface area contributed by atoms with Crippen molar-refractivity contribution in [2.45, 2.75) is 57.1 Å². The molecule has 0 radical (unpaired) electrons. The molecule has 0 aliphatic heterocycles. The van der Waals surface area contributed by atoms with Crippen LogP contribution in [0.2, 0.25) is 0 Å². The molecule has 1 aliphatic rings. The fraction of sp³-hybridized carbons (Fsp3) is 0.800. The summed E-state index contributed by atoms with van der Waals surface area (Å²) in [5.74, 6) is 0.